The van der Waals surface area contributed by atoms with Crippen LogP contribution < -0.4 is 5.32 Å². The van der Waals surface area contributed by atoms with Crippen LogP contribution in [0, 0.1) is 0 Å². The van der Waals surface area contributed by atoms with Crippen LogP contribution in [0.5, 0.6) is 0 Å². The predicted octanol–water partition coefficient (Wildman–Crippen LogP) is 2.61. The molecule has 5 rings (SSSR count). The summed E-state index contributed by atoms with van der Waals surface area (Å²) in [6.07, 6.45) is 8.43. The Morgan fingerprint density at radius 2 is 2.21 bits per heavy atom. The van der Waals surface area contributed by atoms with Crippen molar-refractivity contribution in [2.75, 3.05) is 6.61 Å². The molecule has 2 aromatic heterocycles. The lowest BCUT2D eigenvalue weighted by molar-refractivity contribution is 0.0936. The van der Waals surface area contributed by atoms with Gasteiger partial charge < -0.3 is 14.9 Å². The molecule has 0 radical (unpaired) electrons. The molecule has 8 heteroatoms. The van der Waals surface area contributed by atoms with Crippen molar-refractivity contribution in [2.24, 2.45) is 0 Å². The summed E-state index contributed by atoms with van der Waals surface area (Å²) in [5, 5.41) is 20.3. The molecule has 2 heterocycles. The first-order chi connectivity index (χ1) is 14.2. The van der Waals surface area contributed by atoms with Crippen LogP contribution in [0.2, 0.25) is 0 Å². The summed E-state index contributed by atoms with van der Waals surface area (Å²) >= 11 is 0. The van der Waals surface area contributed by atoms with Gasteiger partial charge in [0.15, 0.2) is 0 Å². The van der Waals surface area contributed by atoms with Gasteiger partial charge in [0.2, 0.25) is 11.7 Å². The van der Waals surface area contributed by atoms with Crippen LogP contribution in [-0.2, 0) is 13.0 Å². The SMILES string of the molecule is O=C(N[C@@H]1CCc2cc(-c3noc(C4CCC4)n3)ccc21)c1cnn(CCO)c1. The van der Waals surface area contributed by atoms with Crippen LogP contribution >= 0.6 is 0 Å². The number of carbonyl (C=O) groups excluding carboxylic acids is 1. The van der Waals surface area contributed by atoms with Gasteiger partial charge in [0.05, 0.1) is 31.0 Å². The fourth-order valence-electron chi connectivity index (χ4n) is 4.03. The Hall–Kier alpha value is -3.00. The van der Waals surface area contributed by atoms with Gasteiger partial charge >= 0.3 is 0 Å². The summed E-state index contributed by atoms with van der Waals surface area (Å²) in [7, 11) is 0. The van der Waals surface area contributed by atoms with E-state index in [1.807, 2.05) is 6.07 Å². The highest BCUT2D eigenvalue weighted by molar-refractivity contribution is 5.94. The molecule has 0 spiro atoms. The van der Waals surface area contributed by atoms with E-state index < -0.39 is 0 Å². The van der Waals surface area contributed by atoms with Gasteiger partial charge in [0.1, 0.15) is 0 Å². The monoisotopic (exact) mass is 393 g/mol. The molecule has 0 saturated heterocycles. The standard InChI is InChI=1S/C21H23N5O3/c27-9-8-26-12-16(11-22-26)20(28)23-18-7-5-14-10-15(4-6-17(14)18)19-24-21(29-25-19)13-2-1-3-13/h4,6,10-13,18,27H,1-3,5,7-9H2,(H,23,28)/t18-/m1/s1. The molecule has 1 saturated carbocycles. The molecule has 0 bridgehead atoms. The molecule has 2 aliphatic rings. The number of rotatable bonds is 6. The van der Waals surface area contributed by atoms with Gasteiger partial charge in [-0.25, -0.2) is 0 Å². The third-order valence-corrected chi connectivity index (χ3v) is 5.90. The molecule has 1 aromatic carbocycles. The Labute approximate surface area is 167 Å². The summed E-state index contributed by atoms with van der Waals surface area (Å²) in [6.45, 7) is 0.366. The summed E-state index contributed by atoms with van der Waals surface area (Å²) in [6, 6.07) is 6.13. The molecule has 2 N–H and O–H groups in total. The Morgan fingerprint density at radius 3 is 3.00 bits per heavy atom. The quantitative estimate of drug-likeness (QED) is 0.667. The number of hydrogen-bond acceptors (Lipinski definition) is 6. The lowest BCUT2D eigenvalue weighted by Crippen LogP contribution is -2.26. The Balaban J connectivity index is 1.30. The molecule has 2 aliphatic carbocycles. The highest BCUT2D eigenvalue weighted by Gasteiger charge is 2.27. The van der Waals surface area contributed by atoms with Crippen LogP contribution in [0.3, 0.4) is 0 Å². The number of aliphatic hydroxyl groups excluding tert-OH is 1. The van der Waals surface area contributed by atoms with Gasteiger partial charge in [-0.15, -0.1) is 0 Å². The van der Waals surface area contributed by atoms with Crippen LogP contribution in [0.15, 0.2) is 35.1 Å². The number of carbonyl (C=O) groups is 1. The lowest BCUT2D eigenvalue weighted by Gasteiger charge is -2.20. The van der Waals surface area contributed by atoms with E-state index in [9.17, 15) is 4.79 Å². The summed E-state index contributed by atoms with van der Waals surface area (Å²) in [4.78, 5) is 17.1. The van der Waals surface area contributed by atoms with Crippen molar-refractivity contribution >= 4 is 5.91 Å². The molecule has 0 unspecified atom stereocenters. The lowest BCUT2D eigenvalue weighted by atomic mass is 9.85. The van der Waals surface area contributed by atoms with Gasteiger partial charge in [0.25, 0.3) is 5.91 Å². The average molecular weight is 393 g/mol. The zero-order valence-corrected chi connectivity index (χ0v) is 16.0. The maximum absolute atomic E-state index is 12.6. The third kappa shape index (κ3) is 3.44. The molecule has 8 nitrogen and oxygen atoms in total. The molecule has 29 heavy (non-hydrogen) atoms. The summed E-state index contributed by atoms with van der Waals surface area (Å²) in [5.41, 5.74) is 3.79. The molecule has 1 amide bonds. The van der Waals surface area contributed by atoms with E-state index >= 15 is 0 Å². The van der Waals surface area contributed by atoms with Crippen molar-refractivity contribution in [2.45, 2.75) is 50.6 Å². The first-order valence-corrected chi connectivity index (χ1v) is 10.1. The fourth-order valence-corrected chi connectivity index (χ4v) is 4.03. The zero-order chi connectivity index (χ0) is 19.8. The maximum atomic E-state index is 12.6. The zero-order valence-electron chi connectivity index (χ0n) is 16.0. The molecule has 0 aliphatic heterocycles. The van der Waals surface area contributed by atoms with E-state index in [0.29, 0.717) is 23.9 Å². The van der Waals surface area contributed by atoms with Crippen molar-refractivity contribution in [3.63, 3.8) is 0 Å². The van der Waals surface area contributed by atoms with Gasteiger partial charge in [0, 0.05) is 17.7 Å². The summed E-state index contributed by atoms with van der Waals surface area (Å²) in [5.74, 6) is 1.66. The third-order valence-electron chi connectivity index (χ3n) is 5.90. The Kier molecular flexibility index (Phi) is 4.63. The first kappa shape index (κ1) is 18.1. The van der Waals surface area contributed by atoms with Gasteiger partial charge in [-0.2, -0.15) is 10.1 Å². The predicted molar refractivity (Wildman–Crippen MR) is 104 cm³/mol. The average Bonchev–Trinajstić information content (AvgIpc) is 3.41. The largest absolute Gasteiger partial charge is 0.394 e. The van der Waals surface area contributed by atoms with E-state index in [1.54, 1.807) is 10.9 Å². The van der Waals surface area contributed by atoms with Crippen molar-refractivity contribution in [3.05, 3.63) is 53.2 Å². The smallest absolute Gasteiger partial charge is 0.254 e. The van der Waals surface area contributed by atoms with Crippen molar-refractivity contribution in [3.8, 4) is 11.4 Å². The second-order valence-corrected chi connectivity index (χ2v) is 7.78. The maximum Gasteiger partial charge on any atom is 0.254 e. The Bertz CT molecular complexity index is 1040. The van der Waals surface area contributed by atoms with Gasteiger partial charge in [-0.1, -0.05) is 23.7 Å². The molecule has 1 fully saturated rings. The van der Waals surface area contributed by atoms with E-state index in [1.165, 1.54) is 18.2 Å². The number of amides is 1. The van der Waals surface area contributed by atoms with Crippen LogP contribution in [0.4, 0.5) is 0 Å². The van der Waals surface area contributed by atoms with Crippen molar-refractivity contribution in [1.29, 1.82) is 0 Å². The minimum absolute atomic E-state index is 0.0103. The van der Waals surface area contributed by atoms with Crippen LogP contribution in [-0.4, -0.2) is 37.5 Å². The van der Waals surface area contributed by atoms with E-state index in [-0.39, 0.29) is 18.6 Å². The second-order valence-electron chi connectivity index (χ2n) is 7.78. The molecule has 3 aromatic rings. The number of benzene rings is 1. The van der Waals surface area contributed by atoms with Crippen LogP contribution in [0.1, 0.15) is 65.0 Å². The second kappa shape index (κ2) is 7.44. The minimum Gasteiger partial charge on any atom is -0.394 e. The number of nitrogens with one attached hydrogen (secondary N) is 1. The number of hydrogen-bond donors (Lipinski definition) is 2. The number of fused-ring (bicyclic) bond motifs is 1. The van der Waals surface area contributed by atoms with Gasteiger partial charge in [-0.3, -0.25) is 9.48 Å². The highest BCUT2D eigenvalue weighted by Crippen LogP contribution is 2.37. The highest BCUT2D eigenvalue weighted by atomic mass is 16.5. The van der Waals surface area contributed by atoms with Crippen molar-refractivity contribution in [1.82, 2.24) is 25.2 Å². The minimum atomic E-state index is -0.153. The number of aryl methyl sites for hydroxylation is 1. The first-order valence-electron chi connectivity index (χ1n) is 10.1. The molecule has 1 atom stereocenters. The van der Waals surface area contributed by atoms with Gasteiger partial charge in [-0.05, 0) is 42.9 Å². The van der Waals surface area contributed by atoms with Crippen molar-refractivity contribution < 1.29 is 14.4 Å². The summed E-state index contributed by atoms with van der Waals surface area (Å²) < 4.78 is 7.00. The number of aromatic nitrogens is 4. The van der Waals surface area contributed by atoms with E-state index in [4.69, 9.17) is 9.63 Å². The number of aliphatic hydroxyl groups is 1. The Morgan fingerprint density at radius 1 is 1.31 bits per heavy atom. The van der Waals surface area contributed by atoms with Crippen LogP contribution in [0.25, 0.3) is 11.4 Å². The number of nitrogens with zero attached hydrogens (tertiary/aromatic N) is 4. The normalized spacial score (nSPS) is 18.4. The van der Waals surface area contributed by atoms with E-state index in [0.717, 1.165) is 42.7 Å². The molecule has 150 valence electrons. The van der Waals surface area contributed by atoms with E-state index in [2.05, 4.69) is 32.7 Å². The molecular formula is C21H23N5O3. The molecular weight excluding hydrogens is 370 g/mol. The topological polar surface area (TPSA) is 106 Å². The fraction of sp³-hybridized carbons (Fsp3) is 0.429.